The maximum Gasteiger partial charge on any atom is 1.00 e. The molecule has 0 unspecified atom stereocenters. The van der Waals surface area contributed by atoms with Crippen LogP contribution >= 0.6 is 0 Å². The van der Waals surface area contributed by atoms with Crippen molar-refractivity contribution < 1.29 is 103 Å². The fraction of sp³-hybridized carbons (Fsp3) is 0.333. The van der Waals surface area contributed by atoms with Crippen molar-refractivity contribution in [3.05, 3.63) is 0 Å². The number of carboxylic acid groups (broad SMARTS) is 4. The first-order chi connectivity index (χ1) is 6.77. The Bertz CT molecular complexity index is 257. The van der Waals surface area contributed by atoms with E-state index in [2.05, 4.69) is 4.74 Å². The molecule has 9 nitrogen and oxygen atoms in total. The SMILES string of the molecule is O=C([O-])C(OC(C(=O)O)C(=O)O)C(=O)[O-].[Na+].[Na+]. The summed E-state index contributed by atoms with van der Waals surface area (Å²) in [5.41, 5.74) is 0. The van der Waals surface area contributed by atoms with Crippen molar-refractivity contribution in [1.82, 2.24) is 0 Å². The monoisotopic (exact) mass is 266 g/mol. The van der Waals surface area contributed by atoms with Crippen LogP contribution in [-0.2, 0) is 23.9 Å². The Hall–Kier alpha value is -0.160. The summed E-state index contributed by atoms with van der Waals surface area (Å²) in [7, 11) is 0. The van der Waals surface area contributed by atoms with Gasteiger partial charge in [0.15, 0.2) is 0 Å². The summed E-state index contributed by atoms with van der Waals surface area (Å²) in [5.74, 6) is -8.70. The summed E-state index contributed by atoms with van der Waals surface area (Å²) in [6.45, 7) is 0. The summed E-state index contributed by atoms with van der Waals surface area (Å²) < 4.78 is 3.77. The molecule has 0 aromatic rings. The molecule has 11 heteroatoms. The molecule has 17 heavy (non-hydrogen) atoms. The number of carbonyl (C=O) groups excluding carboxylic acids is 2. The van der Waals surface area contributed by atoms with Gasteiger partial charge in [0.2, 0.25) is 0 Å². The summed E-state index contributed by atoms with van der Waals surface area (Å²) in [6, 6.07) is 0. The smallest absolute Gasteiger partial charge is 0.547 e. The fourth-order valence-electron chi connectivity index (χ4n) is 0.565. The van der Waals surface area contributed by atoms with Gasteiger partial charge < -0.3 is 34.8 Å². The molecule has 0 atom stereocenters. The third kappa shape index (κ3) is 7.71. The largest absolute Gasteiger partial charge is 1.00 e. The van der Waals surface area contributed by atoms with E-state index in [1.165, 1.54) is 0 Å². The van der Waals surface area contributed by atoms with Crippen LogP contribution in [0.3, 0.4) is 0 Å². The van der Waals surface area contributed by atoms with Crippen molar-refractivity contribution in [2.75, 3.05) is 0 Å². The van der Waals surface area contributed by atoms with Gasteiger partial charge in [0, 0.05) is 0 Å². The van der Waals surface area contributed by atoms with Gasteiger partial charge in [0.25, 0.3) is 6.10 Å². The van der Waals surface area contributed by atoms with Gasteiger partial charge in [0.05, 0.1) is 11.9 Å². The molecule has 0 saturated heterocycles. The molecule has 0 radical (unpaired) electrons. The van der Waals surface area contributed by atoms with Gasteiger partial charge in [-0.05, 0) is 0 Å². The first-order valence-electron chi connectivity index (χ1n) is 3.30. The van der Waals surface area contributed by atoms with Crippen molar-refractivity contribution in [3.8, 4) is 0 Å². The summed E-state index contributed by atoms with van der Waals surface area (Å²) >= 11 is 0. The predicted molar refractivity (Wildman–Crippen MR) is 33.9 cm³/mol. The second-order valence-electron chi connectivity index (χ2n) is 2.21. The average Bonchev–Trinajstić information content (AvgIpc) is 2.01. The predicted octanol–water partition coefficient (Wildman–Crippen LogP) is -10.6. The van der Waals surface area contributed by atoms with Crippen LogP contribution in [0.25, 0.3) is 0 Å². The maximum absolute atomic E-state index is 10.2. The van der Waals surface area contributed by atoms with Gasteiger partial charge in [-0.3, -0.25) is 0 Å². The molecular formula is C6H4Na2O9. The average molecular weight is 266 g/mol. The van der Waals surface area contributed by atoms with Crippen LogP contribution in [0.1, 0.15) is 0 Å². The van der Waals surface area contributed by atoms with Crippen LogP contribution < -0.4 is 69.3 Å². The molecule has 0 rings (SSSR count). The van der Waals surface area contributed by atoms with Crippen LogP contribution in [-0.4, -0.2) is 46.3 Å². The van der Waals surface area contributed by atoms with E-state index < -0.39 is 36.1 Å². The molecule has 0 fully saturated rings. The molecule has 0 aliphatic carbocycles. The summed E-state index contributed by atoms with van der Waals surface area (Å²) in [6.07, 6.45) is -5.38. The standard InChI is InChI=1S/C6H6O9.2Na/c7-3(8)1(4(9)10)15-2(5(11)12)6(13)14;;/h1-2H,(H,7,8)(H,9,10)(H,11,12)(H,13,14);;/q;2*+1/p-2. The van der Waals surface area contributed by atoms with E-state index in [-0.39, 0.29) is 59.1 Å². The Balaban J connectivity index is -0.000000980. The van der Waals surface area contributed by atoms with E-state index in [9.17, 15) is 29.4 Å². The number of carboxylic acids is 4. The number of hydrogen-bond acceptors (Lipinski definition) is 7. The Morgan fingerprint density at radius 1 is 0.824 bits per heavy atom. The molecule has 2 N–H and O–H groups in total. The van der Waals surface area contributed by atoms with E-state index in [0.29, 0.717) is 0 Å². The van der Waals surface area contributed by atoms with Crippen molar-refractivity contribution in [1.29, 1.82) is 0 Å². The molecule has 0 aliphatic rings. The Labute approximate surface area is 138 Å². The number of rotatable bonds is 6. The molecule has 0 saturated carbocycles. The zero-order valence-corrected chi connectivity index (χ0v) is 12.9. The van der Waals surface area contributed by atoms with Gasteiger partial charge in [-0.15, -0.1) is 0 Å². The van der Waals surface area contributed by atoms with Gasteiger partial charge in [0.1, 0.15) is 6.10 Å². The molecular weight excluding hydrogens is 262 g/mol. The van der Waals surface area contributed by atoms with Gasteiger partial charge in [-0.2, -0.15) is 0 Å². The second-order valence-corrected chi connectivity index (χ2v) is 2.21. The molecule has 0 amide bonds. The van der Waals surface area contributed by atoms with Crippen molar-refractivity contribution in [3.63, 3.8) is 0 Å². The van der Waals surface area contributed by atoms with Crippen molar-refractivity contribution in [2.45, 2.75) is 12.2 Å². The van der Waals surface area contributed by atoms with Gasteiger partial charge >= 0.3 is 71.1 Å². The maximum atomic E-state index is 10.2. The number of ether oxygens (including phenoxy) is 1. The topological polar surface area (TPSA) is 164 Å². The summed E-state index contributed by atoms with van der Waals surface area (Å²) in [5, 5.41) is 36.6. The molecule has 84 valence electrons. The van der Waals surface area contributed by atoms with E-state index in [4.69, 9.17) is 10.2 Å². The minimum Gasteiger partial charge on any atom is -0.547 e. The van der Waals surface area contributed by atoms with Gasteiger partial charge in [-0.1, -0.05) is 0 Å². The number of aliphatic carboxylic acids is 4. The Morgan fingerprint density at radius 3 is 1.29 bits per heavy atom. The van der Waals surface area contributed by atoms with Crippen LogP contribution in [0.15, 0.2) is 0 Å². The first kappa shape index (κ1) is 22.1. The van der Waals surface area contributed by atoms with Crippen LogP contribution in [0.5, 0.6) is 0 Å². The van der Waals surface area contributed by atoms with E-state index in [1.807, 2.05) is 0 Å². The summed E-state index contributed by atoms with van der Waals surface area (Å²) in [4.78, 5) is 40.5. The number of hydrogen-bond donors (Lipinski definition) is 2. The minimum absolute atomic E-state index is 0. The zero-order valence-electron chi connectivity index (χ0n) is 8.91. The number of carbonyl (C=O) groups is 4. The first-order valence-corrected chi connectivity index (χ1v) is 3.30. The fourth-order valence-corrected chi connectivity index (χ4v) is 0.565. The molecule has 0 aliphatic heterocycles. The molecule has 0 bridgehead atoms. The molecule has 0 aromatic heterocycles. The van der Waals surface area contributed by atoms with Crippen molar-refractivity contribution in [2.24, 2.45) is 0 Å². The quantitative estimate of drug-likeness (QED) is 0.350. The van der Waals surface area contributed by atoms with Gasteiger partial charge in [-0.25, -0.2) is 9.59 Å². The van der Waals surface area contributed by atoms with E-state index >= 15 is 0 Å². The van der Waals surface area contributed by atoms with E-state index in [0.717, 1.165) is 0 Å². The normalized spacial score (nSPS) is 9.06. The second kappa shape index (κ2) is 9.83. The Kier molecular flexibility index (Phi) is 12.8. The third-order valence-corrected chi connectivity index (χ3v) is 1.15. The Morgan fingerprint density at radius 2 is 1.12 bits per heavy atom. The van der Waals surface area contributed by atoms with Crippen LogP contribution in [0.2, 0.25) is 0 Å². The van der Waals surface area contributed by atoms with Crippen molar-refractivity contribution >= 4 is 23.9 Å². The van der Waals surface area contributed by atoms with E-state index in [1.54, 1.807) is 0 Å². The zero-order chi connectivity index (χ0) is 12.2. The minimum atomic E-state index is -2.76. The van der Waals surface area contributed by atoms with Crippen LogP contribution in [0.4, 0.5) is 0 Å². The molecule has 0 heterocycles. The third-order valence-electron chi connectivity index (χ3n) is 1.15. The molecule has 0 spiro atoms. The van der Waals surface area contributed by atoms with Crippen LogP contribution in [0, 0.1) is 0 Å². The molecule has 0 aromatic carbocycles.